The van der Waals surface area contributed by atoms with Crippen LogP contribution in [0.25, 0.3) is 0 Å². The van der Waals surface area contributed by atoms with Crippen LogP contribution in [0.4, 0.5) is 0 Å². The van der Waals surface area contributed by atoms with Crippen LogP contribution in [0.1, 0.15) is 23.6 Å². The Labute approximate surface area is 136 Å². The number of benzene rings is 1. The van der Waals surface area contributed by atoms with Crippen molar-refractivity contribution in [2.45, 2.75) is 23.8 Å². The Morgan fingerprint density at radius 1 is 1.43 bits per heavy atom. The molecule has 3 rings (SSSR count). The molecule has 1 fully saturated rings. The minimum absolute atomic E-state index is 0.174. The predicted octanol–water partition coefficient (Wildman–Crippen LogP) is 1.81. The number of sulfone groups is 1. The van der Waals surface area contributed by atoms with E-state index in [1.807, 2.05) is 18.2 Å². The highest BCUT2D eigenvalue weighted by atomic mass is 32.2. The summed E-state index contributed by atoms with van der Waals surface area (Å²) in [5.41, 5.74) is 1.93. The fourth-order valence-corrected chi connectivity index (χ4v) is 3.97. The van der Waals surface area contributed by atoms with Crippen LogP contribution in [0.2, 0.25) is 0 Å². The number of nitrogens with zero attached hydrogens (tertiary/aromatic N) is 2. The van der Waals surface area contributed by atoms with Gasteiger partial charge in [-0.15, -0.1) is 0 Å². The topological polar surface area (TPSA) is 75.3 Å². The fraction of sp³-hybridized carbons (Fsp3) is 0.438. The summed E-state index contributed by atoms with van der Waals surface area (Å²) in [5, 5.41) is 6.81. The number of likely N-dealkylation sites (tertiary alicyclic amines) is 1. The molecule has 1 atom stereocenters. The molecule has 1 saturated heterocycles. The molecule has 2 aromatic rings. The monoisotopic (exact) mass is 335 g/mol. The zero-order valence-electron chi connectivity index (χ0n) is 13.3. The molecule has 124 valence electrons. The maximum absolute atomic E-state index is 11.8. The van der Waals surface area contributed by atoms with Crippen LogP contribution in [-0.4, -0.2) is 50.0 Å². The molecule has 7 heteroatoms. The van der Waals surface area contributed by atoms with Crippen molar-refractivity contribution in [3.05, 3.63) is 41.7 Å². The molecule has 0 spiro atoms. The molecule has 1 aromatic heterocycles. The highest BCUT2D eigenvalue weighted by molar-refractivity contribution is 7.90. The van der Waals surface area contributed by atoms with E-state index in [-0.39, 0.29) is 5.92 Å². The van der Waals surface area contributed by atoms with Crippen molar-refractivity contribution in [2.75, 3.05) is 26.5 Å². The van der Waals surface area contributed by atoms with E-state index in [4.69, 9.17) is 4.74 Å². The van der Waals surface area contributed by atoms with Gasteiger partial charge in [0.25, 0.3) is 0 Å². The summed E-state index contributed by atoms with van der Waals surface area (Å²) < 4.78 is 28.9. The minimum Gasteiger partial charge on any atom is -0.497 e. The van der Waals surface area contributed by atoms with E-state index >= 15 is 0 Å². The molecule has 1 aliphatic rings. The number of nitrogens with one attached hydrogen (secondary N) is 1. The first-order valence-corrected chi connectivity index (χ1v) is 9.45. The Balaban J connectivity index is 1.70. The van der Waals surface area contributed by atoms with Gasteiger partial charge in [-0.25, -0.2) is 8.42 Å². The molecule has 2 heterocycles. The molecule has 1 aliphatic heterocycles. The van der Waals surface area contributed by atoms with Crippen molar-refractivity contribution in [3.63, 3.8) is 0 Å². The van der Waals surface area contributed by atoms with Crippen LogP contribution >= 0.6 is 0 Å². The van der Waals surface area contributed by atoms with Crippen molar-refractivity contribution >= 4 is 9.84 Å². The van der Waals surface area contributed by atoms with Crippen molar-refractivity contribution in [1.82, 2.24) is 15.1 Å². The van der Waals surface area contributed by atoms with Crippen LogP contribution in [0.5, 0.6) is 5.75 Å². The summed E-state index contributed by atoms with van der Waals surface area (Å²) in [7, 11) is -1.58. The summed E-state index contributed by atoms with van der Waals surface area (Å²) in [6.45, 7) is 2.59. The first-order valence-electron chi connectivity index (χ1n) is 7.56. The van der Waals surface area contributed by atoms with Gasteiger partial charge in [0.2, 0.25) is 0 Å². The van der Waals surface area contributed by atoms with Crippen molar-refractivity contribution in [1.29, 1.82) is 0 Å². The summed E-state index contributed by atoms with van der Waals surface area (Å²) in [5.74, 6) is 1.03. The summed E-state index contributed by atoms with van der Waals surface area (Å²) >= 11 is 0. The Morgan fingerprint density at radius 2 is 2.26 bits per heavy atom. The van der Waals surface area contributed by atoms with E-state index in [2.05, 4.69) is 21.2 Å². The molecule has 0 bridgehead atoms. The zero-order chi connectivity index (χ0) is 16.4. The van der Waals surface area contributed by atoms with E-state index in [9.17, 15) is 8.42 Å². The fourth-order valence-electron chi connectivity index (χ4n) is 3.11. The average molecular weight is 335 g/mol. The zero-order valence-corrected chi connectivity index (χ0v) is 14.1. The number of aromatic nitrogens is 2. The lowest BCUT2D eigenvalue weighted by Gasteiger charge is -2.16. The number of methoxy groups -OCH3 is 1. The van der Waals surface area contributed by atoms with E-state index in [0.717, 1.165) is 37.5 Å². The first-order chi connectivity index (χ1) is 11.0. The van der Waals surface area contributed by atoms with Crippen molar-refractivity contribution < 1.29 is 13.2 Å². The van der Waals surface area contributed by atoms with Gasteiger partial charge in [-0.1, -0.05) is 12.1 Å². The van der Waals surface area contributed by atoms with Crippen molar-refractivity contribution in [2.24, 2.45) is 0 Å². The summed E-state index contributed by atoms with van der Waals surface area (Å²) in [4.78, 5) is 2.65. The third-order valence-corrected chi connectivity index (χ3v) is 5.38. The number of aromatic amines is 1. The van der Waals surface area contributed by atoms with Gasteiger partial charge in [0.15, 0.2) is 9.84 Å². The summed E-state index contributed by atoms with van der Waals surface area (Å²) in [6, 6.07) is 8.02. The molecule has 1 aromatic carbocycles. The Bertz CT molecular complexity index is 785. The Morgan fingerprint density at radius 3 is 3.00 bits per heavy atom. The largest absolute Gasteiger partial charge is 0.497 e. The van der Waals surface area contributed by atoms with E-state index in [1.54, 1.807) is 7.11 Å². The quantitative estimate of drug-likeness (QED) is 0.902. The minimum atomic E-state index is -3.24. The third kappa shape index (κ3) is 3.56. The molecule has 6 nitrogen and oxygen atoms in total. The third-order valence-electron chi connectivity index (χ3n) is 4.25. The van der Waals surface area contributed by atoms with Crippen LogP contribution in [0.15, 0.2) is 35.4 Å². The lowest BCUT2D eigenvalue weighted by Crippen LogP contribution is -2.20. The molecule has 0 amide bonds. The van der Waals surface area contributed by atoms with Crippen LogP contribution in [0.3, 0.4) is 0 Å². The second-order valence-corrected chi connectivity index (χ2v) is 7.98. The number of H-pyrrole nitrogens is 1. The highest BCUT2D eigenvalue weighted by Crippen LogP contribution is 2.31. The summed E-state index contributed by atoms with van der Waals surface area (Å²) in [6.07, 6.45) is 3.56. The molecule has 0 radical (unpaired) electrons. The van der Waals surface area contributed by atoms with Crippen molar-refractivity contribution in [3.8, 4) is 5.75 Å². The number of ether oxygens (including phenoxy) is 1. The van der Waals surface area contributed by atoms with E-state index < -0.39 is 9.84 Å². The van der Waals surface area contributed by atoms with Crippen LogP contribution < -0.4 is 4.74 Å². The normalized spacial score (nSPS) is 19.1. The molecule has 0 aliphatic carbocycles. The highest BCUT2D eigenvalue weighted by Gasteiger charge is 2.29. The molecular formula is C16H21N3O3S. The van der Waals surface area contributed by atoms with Gasteiger partial charge < -0.3 is 4.74 Å². The van der Waals surface area contributed by atoms with Gasteiger partial charge in [-0.3, -0.25) is 10.00 Å². The number of rotatable bonds is 5. The number of hydrogen-bond acceptors (Lipinski definition) is 5. The van der Waals surface area contributed by atoms with Gasteiger partial charge in [-0.05, 0) is 30.7 Å². The van der Waals surface area contributed by atoms with E-state index in [1.165, 1.54) is 18.0 Å². The van der Waals surface area contributed by atoms with Gasteiger partial charge >= 0.3 is 0 Å². The SMILES string of the molecule is COc1cccc(CN2CC[C@H](c3[nH]ncc3S(C)(=O)=O)C2)c1. The first kappa shape index (κ1) is 16.0. The van der Waals surface area contributed by atoms with Gasteiger partial charge in [0.1, 0.15) is 10.6 Å². The second kappa shape index (κ2) is 6.33. The molecular weight excluding hydrogens is 314 g/mol. The standard InChI is InChI=1S/C16H21N3O3S/c1-22-14-5-3-4-12(8-14)10-19-7-6-13(11-19)16-15(9-17-18-16)23(2,20)21/h3-5,8-9,13H,6-7,10-11H2,1-2H3,(H,17,18)/t13-/m0/s1. The molecule has 1 N–H and O–H groups in total. The van der Waals surface area contributed by atoms with Crippen LogP contribution in [0, 0.1) is 0 Å². The lowest BCUT2D eigenvalue weighted by atomic mass is 10.1. The van der Waals surface area contributed by atoms with E-state index in [0.29, 0.717) is 4.90 Å². The number of hydrogen-bond donors (Lipinski definition) is 1. The Kier molecular flexibility index (Phi) is 4.41. The molecule has 23 heavy (non-hydrogen) atoms. The van der Waals surface area contributed by atoms with Gasteiger partial charge in [0, 0.05) is 25.3 Å². The molecule has 0 unspecified atom stereocenters. The van der Waals surface area contributed by atoms with Gasteiger partial charge in [-0.2, -0.15) is 5.10 Å². The van der Waals surface area contributed by atoms with Crippen LogP contribution in [-0.2, 0) is 16.4 Å². The average Bonchev–Trinajstić information content (AvgIpc) is 3.15. The maximum atomic E-state index is 11.8. The van der Waals surface area contributed by atoms with Gasteiger partial charge in [0.05, 0.1) is 19.0 Å². The second-order valence-electron chi connectivity index (χ2n) is 5.99. The Hall–Kier alpha value is -1.86. The smallest absolute Gasteiger partial charge is 0.178 e. The lowest BCUT2D eigenvalue weighted by molar-refractivity contribution is 0.325. The molecule has 0 saturated carbocycles. The maximum Gasteiger partial charge on any atom is 0.178 e. The predicted molar refractivity (Wildman–Crippen MR) is 87.3 cm³/mol.